The van der Waals surface area contributed by atoms with Crippen LogP contribution in [0, 0.1) is 0 Å². The molecule has 1 aliphatic carbocycles. The summed E-state index contributed by atoms with van der Waals surface area (Å²) >= 11 is 0. The number of carbonyl (C=O) groups excluding carboxylic acids is 2. The molecule has 4 aromatic rings. The summed E-state index contributed by atoms with van der Waals surface area (Å²) in [4.78, 5) is 32.3. The van der Waals surface area contributed by atoms with Gasteiger partial charge < -0.3 is 25.6 Å². The number of benzene rings is 2. The van der Waals surface area contributed by atoms with Gasteiger partial charge in [0, 0.05) is 29.8 Å². The molecule has 2 aromatic carbocycles. The summed E-state index contributed by atoms with van der Waals surface area (Å²) in [6, 6.07) is 15.4. The van der Waals surface area contributed by atoms with E-state index in [4.69, 9.17) is 15.0 Å². The number of nitrogens with one attached hydrogen (secondary N) is 2. The Labute approximate surface area is 236 Å². The van der Waals surface area contributed by atoms with Crippen LogP contribution in [0.15, 0.2) is 70.2 Å². The van der Waals surface area contributed by atoms with Crippen LogP contribution in [0.2, 0.25) is 0 Å². The molecule has 0 bridgehead atoms. The molecule has 4 N–H and O–H groups in total. The maximum atomic E-state index is 12.5. The lowest BCUT2D eigenvalue weighted by Crippen LogP contribution is -2.36. The third-order valence-electron chi connectivity index (χ3n) is 6.39. The second-order valence-electron chi connectivity index (χ2n) is 9.82. The molecule has 13 heteroatoms. The number of nitrogens with two attached hydrogens (primary N) is 1. The molecule has 41 heavy (non-hydrogen) atoms. The van der Waals surface area contributed by atoms with Crippen LogP contribution in [0.1, 0.15) is 32.3 Å². The summed E-state index contributed by atoms with van der Waals surface area (Å²) in [5.74, 6) is 0.000878. The van der Waals surface area contributed by atoms with Gasteiger partial charge in [-0.25, -0.2) is 28.0 Å². The number of sulfone groups is 1. The van der Waals surface area contributed by atoms with Gasteiger partial charge in [0.1, 0.15) is 5.69 Å². The molecule has 12 nitrogen and oxygen atoms in total. The number of urea groups is 1. The molecule has 0 atom stereocenters. The normalized spacial score (nSPS) is 13.1. The SMILES string of the molecule is CC(C)S(=O)(=O)c1ccc(-c2cnc(OC(N)=O)c(-c3cc(-c4ccc(CNC(=O)NC5CC5)cc4)no3)n2)cc1. The first-order chi connectivity index (χ1) is 19.6. The lowest BCUT2D eigenvalue weighted by atomic mass is 10.1. The van der Waals surface area contributed by atoms with E-state index in [0.29, 0.717) is 23.5 Å². The quantitative estimate of drug-likeness (QED) is 0.265. The number of carbonyl (C=O) groups is 2. The number of aromatic nitrogens is 3. The van der Waals surface area contributed by atoms with E-state index in [9.17, 15) is 18.0 Å². The first-order valence-corrected chi connectivity index (χ1v) is 14.4. The van der Waals surface area contributed by atoms with Crippen LogP contribution in [0.5, 0.6) is 5.88 Å². The predicted molar refractivity (Wildman–Crippen MR) is 149 cm³/mol. The monoisotopic (exact) mass is 576 g/mol. The molecule has 0 spiro atoms. The van der Waals surface area contributed by atoms with Crippen molar-refractivity contribution >= 4 is 22.0 Å². The number of nitrogens with zero attached hydrogens (tertiary/aromatic N) is 3. The Hall–Kier alpha value is -4.78. The Morgan fingerprint density at radius 3 is 2.34 bits per heavy atom. The van der Waals surface area contributed by atoms with E-state index >= 15 is 0 Å². The van der Waals surface area contributed by atoms with Crippen molar-refractivity contribution in [1.82, 2.24) is 25.8 Å². The molecule has 1 fully saturated rings. The van der Waals surface area contributed by atoms with Crippen LogP contribution >= 0.6 is 0 Å². The van der Waals surface area contributed by atoms with E-state index in [-0.39, 0.29) is 34.3 Å². The van der Waals surface area contributed by atoms with Gasteiger partial charge in [0.15, 0.2) is 21.3 Å². The number of rotatable bonds is 9. The van der Waals surface area contributed by atoms with E-state index in [1.807, 2.05) is 24.3 Å². The van der Waals surface area contributed by atoms with Crippen molar-refractivity contribution in [2.45, 2.75) is 49.4 Å². The van der Waals surface area contributed by atoms with Crippen LogP contribution in [-0.4, -0.2) is 47.0 Å². The van der Waals surface area contributed by atoms with Crippen molar-refractivity contribution < 1.29 is 27.3 Å². The number of primary amides is 1. The second kappa shape index (κ2) is 11.4. The minimum absolute atomic E-state index is 0.0847. The number of hydrogen-bond donors (Lipinski definition) is 3. The zero-order valence-electron chi connectivity index (χ0n) is 22.3. The van der Waals surface area contributed by atoms with Gasteiger partial charge in [0.25, 0.3) is 5.88 Å². The van der Waals surface area contributed by atoms with Crippen LogP contribution in [0.4, 0.5) is 9.59 Å². The highest BCUT2D eigenvalue weighted by Crippen LogP contribution is 2.32. The standard InChI is InChI=1S/C28H28N6O6S/c1-16(2)41(37,38)21-11-7-19(8-12-21)23-15-30-26(39-27(29)35)25(33-23)24-13-22(34-40-24)18-5-3-17(4-6-18)14-31-28(36)32-20-9-10-20/h3-8,11-13,15-16,20H,9-10,14H2,1-2H3,(H2,29,35)(H2,31,32,36). The van der Waals surface area contributed by atoms with Gasteiger partial charge in [-0.1, -0.05) is 41.6 Å². The molecule has 3 amide bonds. The van der Waals surface area contributed by atoms with E-state index in [1.54, 1.807) is 32.0 Å². The van der Waals surface area contributed by atoms with E-state index < -0.39 is 21.2 Å². The zero-order valence-corrected chi connectivity index (χ0v) is 23.1. The second-order valence-corrected chi connectivity index (χ2v) is 12.3. The van der Waals surface area contributed by atoms with Crippen LogP contribution in [0.3, 0.4) is 0 Å². The van der Waals surface area contributed by atoms with Gasteiger partial charge in [-0.3, -0.25) is 0 Å². The zero-order chi connectivity index (χ0) is 29.1. The van der Waals surface area contributed by atoms with Gasteiger partial charge in [-0.2, -0.15) is 0 Å². The third-order valence-corrected chi connectivity index (χ3v) is 8.56. The number of ether oxygens (including phenoxy) is 1. The fraction of sp³-hybridized carbons (Fsp3) is 0.250. The van der Waals surface area contributed by atoms with Gasteiger partial charge in [-0.15, -0.1) is 0 Å². The number of amides is 3. The van der Waals surface area contributed by atoms with Crippen LogP contribution in [-0.2, 0) is 16.4 Å². The van der Waals surface area contributed by atoms with Gasteiger partial charge in [-0.05, 0) is 44.4 Å². The highest BCUT2D eigenvalue weighted by atomic mass is 32.2. The minimum Gasteiger partial charge on any atom is -0.389 e. The summed E-state index contributed by atoms with van der Waals surface area (Å²) in [6.45, 7) is 3.61. The summed E-state index contributed by atoms with van der Waals surface area (Å²) in [7, 11) is -3.43. The first kappa shape index (κ1) is 27.8. The van der Waals surface area contributed by atoms with Crippen molar-refractivity contribution in [2.75, 3.05) is 0 Å². The third kappa shape index (κ3) is 6.52. The Morgan fingerprint density at radius 1 is 1.05 bits per heavy atom. The molecule has 1 aliphatic rings. The summed E-state index contributed by atoms with van der Waals surface area (Å²) < 4.78 is 35.5. The molecule has 212 valence electrons. The average Bonchev–Trinajstić information content (AvgIpc) is 3.63. The summed E-state index contributed by atoms with van der Waals surface area (Å²) in [5, 5.41) is 9.27. The van der Waals surface area contributed by atoms with Crippen LogP contribution < -0.4 is 21.1 Å². The van der Waals surface area contributed by atoms with Gasteiger partial charge >= 0.3 is 12.1 Å². The van der Waals surface area contributed by atoms with Crippen molar-refractivity contribution in [1.29, 1.82) is 0 Å². The minimum atomic E-state index is -3.43. The molecule has 0 radical (unpaired) electrons. The maximum Gasteiger partial charge on any atom is 0.411 e. The highest BCUT2D eigenvalue weighted by Gasteiger charge is 2.23. The van der Waals surface area contributed by atoms with Crippen molar-refractivity contribution in [3.05, 3.63) is 66.4 Å². The van der Waals surface area contributed by atoms with Crippen molar-refractivity contribution in [3.63, 3.8) is 0 Å². The van der Waals surface area contributed by atoms with Crippen molar-refractivity contribution in [3.8, 4) is 39.8 Å². The lowest BCUT2D eigenvalue weighted by Gasteiger charge is -2.10. The Balaban J connectivity index is 1.38. The molecule has 1 saturated carbocycles. The van der Waals surface area contributed by atoms with E-state index in [2.05, 4.69) is 25.8 Å². The highest BCUT2D eigenvalue weighted by molar-refractivity contribution is 7.92. The molecule has 5 rings (SSSR count). The molecule has 0 aliphatic heterocycles. The topological polar surface area (TPSA) is 179 Å². The van der Waals surface area contributed by atoms with Crippen LogP contribution in [0.25, 0.3) is 34.0 Å². The number of hydrogen-bond acceptors (Lipinski definition) is 9. The molecular formula is C28H28N6O6S. The molecule has 2 heterocycles. The Bertz CT molecular complexity index is 1680. The fourth-order valence-electron chi connectivity index (χ4n) is 3.90. The van der Waals surface area contributed by atoms with E-state index in [0.717, 1.165) is 24.0 Å². The fourth-order valence-corrected chi connectivity index (χ4v) is 4.96. The summed E-state index contributed by atoms with van der Waals surface area (Å²) in [5.41, 5.74) is 8.42. The van der Waals surface area contributed by atoms with Gasteiger partial charge in [0.05, 0.1) is 22.0 Å². The maximum absolute atomic E-state index is 12.5. The molecule has 0 unspecified atom stereocenters. The Kier molecular flexibility index (Phi) is 7.70. The van der Waals surface area contributed by atoms with Crippen molar-refractivity contribution in [2.24, 2.45) is 5.73 Å². The first-order valence-electron chi connectivity index (χ1n) is 12.9. The molecule has 0 saturated heterocycles. The predicted octanol–water partition coefficient (Wildman–Crippen LogP) is 4.07. The Morgan fingerprint density at radius 2 is 1.71 bits per heavy atom. The largest absolute Gasteiger partial charge is 0.411 e. The average molecular weight is 577 g/mol. The summed E-state index contributed by atoms with van der Waals surface area (Å²) in [6.07, 6.45) is 2.34. The molecule has 2 aromatic heterocycles. The smallest absolute Gasteiger partial charge is 0.389 e. The lowest BCUT2D eigenvalue weighted by molar-refractivity contribution is 0.209. The van der Waals surface area contributed by atoms with E-state index in [1.165, 1.54) is 18.3 Å². The van der Waals surface area contributed by atoms with Gasteiger partial charge in [0.2, 0.25) is 0 Å². The molecular weight excluding hydrogens is 548 g/mol.